The van der Waals surface area contributed by atoms with Crippen LogP contribution in [0.25, 0.3) is 11.1 Å². The highest BCUT2D eigenvalue weighted by Gasteiger charge is 2.36. The molecular weight excluding hydrogens is 570 g/mol. The zero-order valence-electron chi connectivity index (χ0n) is 25.4. The number of hydrogen-bond donors (Lipinski definition) is 1. The third-order valence-corrected chi connectivity index (χ3v) is 9.31. The number of carbonyl (C=O) groups is 1. The summed E-state index contributed by atoms with van der Waals surface area (Å²) in [5.74, 6) is 0.224. The van der Waals surface area contributed by atoms with E-state index in [2.05, 4.69) is 5.16 Å². The van der Waals surface area contributed by atoms with Crippen LogP contribution in [0.1, 0.15) is 69.2 Å². The van der Waals surface area contributed by atoms with Crippen molar-refractivity contribution in [3.05, 3.63) is 87.6 Å². The topological polar surface area (TPSA) is 139 Å². The van der Waals surface area contributed by atoms with Gasteiger partial charge in [-0.05, 0) is 70.7 Å². The molecule has 0 spiro atoms. The van der Waals surface area contributed by atoms with Gasteiger partial charge in [-0.2, -0.15) is 9.29 Å². The van der Waals surface area contributed by atoms with Crippen molar-refractivity contribution < 1.29 is 22.8 Å². The van der Waals surface area contributed by atoms with Gasteiger partial charge in [0, 0.05) is 18.6 Å². The average molecular weight is 610 g/mol. The van der Waals surface area contributed by atoms with Gasteiger partial charge in [0.2, 0.25) is 10.0 Å². The molecule has 11 nitrogen and oxygen atoms in total. The minimum Gasteiger partial charge on any atom is -0.465 e. The van der Waals surface area contributed by atoms with Gasteiger partial charge in [-0.15, -0.1) is 0 Å². The van der Waals surface area contributed by atoms with Gasteiger partial charge in [-0.3, -0.25) is 9.36 Å². The molecule has 43 heavy (non-hydrogen) atoms. The zero-order chi connectivity index (χ0) is 31.5. The van der Waals surface area contributed by atoms with E-state index in [0.29, 0.717) is 5.69 Å². The van der Waals surface area contributed by atoms with Crippen LogP contribution in [-0.4, -0.2) is 62.2 Å². The number of fused-ring (bicyclic) bond motifs is 1. The van der Waals surface area contributed by atoms with Crippen molar-refractivity contribution >= 4 is 27.2 Å². The Bertz CT molecular complexity index is 1760. The number of aromatic nitrogens is 3. The molecule has 4 rings (SSSR count). The van der Waals surface area contributed by atoms with Gasteiger partial charge >= 0.3 is 6.09 Å². The quantitative estimate of drug-likeness (QED) is 0.240. The normalized spacial score (nSPS) is 13.0. The van der Waals surface area contributed by atoms with Crippen molar-refractivity contribution in [3.8, 4) is 0 Å². The number of nitrogens with zero attached hydrogens (tertiary/aromatic N) is 5. The molecule has 0 aliphatic heterocycles. The summed E-state index contributed by atoms with van der Waals surface area (Å²) in [6, 6.07) is 15.1. The van der Waals surface area contributed by atoms with Crippen LogP contribution in [0.3, 0.4) is 0 Å². The first-order chi connectivity index (χ1) is 20.3. The van der Waals surface area contributed by atoms with E-state index < -0.39 is 27.7 Å². The third-order valence-electron chi connectivity index (χ3n) is 7.41. The molecule has 0 saturated heterocycles. The Morgan fingerprint density at radius 2 is 1.77 bits per heavy atom. The van der Waals surface area contributed by atoms with Gasteiger partial charge in [0.15, 0.2) is 0 Å². The molecule has 0 fully saturated rings. The number of carboxylic acid groups (broad SMARTS) is 1. The second-order valence-corrected chi connectivity index (χ2v) is 13.5. The fourth-order valence-electron chi connectivity index (χ4n) is 5.23. The zero-order valence-corrected chi connectivity index (χ0v) is 26.3. The van der Waals surface area contributed by atoms with E-state index in [1.54, 1.807) is 39.8 Å². The lowest BCUT2D eigenvalue weighted by atomic mass is 10.1. The predicted octanol–water partition coefficient (Wildman–Crippen LogP) is 5.36. The van der Waals surface area contributed by atoms with Crippen molar-refractivity contribution in [1.29, 1.82) is 0 Å². The van der Waals surface area contributed by atoms with Crippen LogP contribution in [0.5, 0.6) is 0 Å². The summed E-state index contributed by atoms with van der Waals surface area (Å²) in [6.45, 7) is 10.9. The molecule has 230 valence electrons. The van der Waals surface area contributed by atoms with Gasteiger partial charge in [-0.1, -0.05) is 54.5 Å². The summed E-state index contributed by atoms with van der Waals surface area (Å²) in [7, 11) is -4.12. The summed E-state index contributed by atoms with van der Waals surface area (Å²) < 4.78 is 36.9. The molecule has 0 aliphatic rings. The Morgan fingerprint density at radius 1 is 1.07 bits per heavy atom. The number of amides is 1. The number of aryl methyl sites for hydroxylation is 2. The maximum atomic E-state index is 14.3. The van der Waals surface area contributed by atoms with Crippen LogP contribution in [-0.2, 0) is 16.6 Å². The summed E-state index contributed by atoms with van der Waals surface area (Å²) in [5.41, 5.74) is 0.997. The van der Waals surface area contributed by atoms with Crippen LogP contribution in [0.4, 0.5) is 4.79 Å². The van der Waals surface area contributed by atoms with Gasteiger partial charge in [0.05, 0.1) is 23.2 Å². The van der Waals surface area contributed by atoms with E-state index >= 15 is 0 Å². The minimum absolute atomic E-state index is 0.0106. The monoisotopic (exact) mass is 609 g/mol. The Labute approximate surface area is 251 Å². The molecule has 4 aromatic rings. The molecule has 0 radical (unpaired) electrons. The van der Waals surface area contributed by atoms with Crippen LogP contribution < -0.4 is 5.56 Å². The molecule has 1 atom stereocenters. The maximum absolute atomic E-state index is 14.3. The summed E-state index contributed by atoms with van der Waals surface area (Å²) >= 11 is 0. The number of rotatable bonds is 11. The highest BCUT2D eigenvalue weighted by atomic mass is 32.2. The Kier molecular flexibility index (Phi) is 9.41. The molecule has 12 heteroatoms. The number of hydrogen-bond acceptors (Lipinski definition) is 7. The third kappa shape index (κ3) is 6.80. The standard InChI is InChI=1S/C31H39N5O6S/c1-7-25(27-32-28-26(22(3)33-42-28)29(37)34(27)20-23-14-9-8-10-15-23)36(18-12-17-35(30(38)39)31(4,5)6)43(40,41)24-16-11-13-21(2)19-24/h8-11,13-16,19,25H,7,12,17-18,20H2,1-6H3,(H,38,39). The lowest BCUT2D eigenvalue weighted by Crippen LogP contribution is -2.46. The molecule has 2 aromatic carbocycles. The Morgan fingerprint density at radius 3 is 2.37 bits per heavy atom. The van der Waals surface area contributed by atoms with Gasteiger partial charge < -0.3 is 14.5 Å². The molecule has 0 saturated carbocycles. The first-order valence-corrected chi connectivity index (χ1v) is 15.7. The van der Waals surface area contributed by atoms with Crippen molar-refractivity contribution in [2.45, 2.75) is 77.4 Å². The summed E-state index contributed by atoms with van der Waals surface area (Å²) in [4.78, 5) is 32.0. The van der Waals surface area contributed by atoms with Gasteiger partial charge in [-0.25, -0.2) is 13.2 Å². The van der Waals surface area contributed by atoms with Gasteiger partial charge in [0.25, 0.3) is 11.3 Å². The van der Waals surface area contributed by atoms with Crippen molar-refractivity contribution in [1.82, 2.24) is 23.9 Å². The van der Waals surface area contributed by atoms with Gasteiger partial charge in [0.1, 0.15) is 11.2 Å². The fourth-order valence-corrected chi connectivity index (χ4v) is 7.03. The smallest absolute Gasteiger partial charge is 0.407 e. The molecule has 1 N–H and O–H groups in total. The fraction of sp³-hybridized carbons (Fsp3) is 0.419. The van der Waals surface area contributed by atoms with E-state index in [1.165, 1.54) is 19.8 Å². The second-order valence-electron chi connectivity index (χ2n) is 11.6. The summed E-state index contributed by atoms with van der Waals surface area (Å²) in [6.07, 6.45) is -0.582. The molecule has 0 aliphatic carbocycles. The van der Waals surface area contributed by atoms with E-state index in [-0.39, 0.29) is 59.9 Å². The van der Waals surface area contributed by atoms with Crippen LogP contribution in [0.2, 0.25) is 0 Å². The predicted molar refractivity (Wildman–Crippen MR) is 164 cm³/mol. The van der Waals surface area contributed by atoms with Crippen LogP contribution in [0.15, 0.2) is 68.8 Å². The largest absolute Gasteiger partial charge is 0.465 e. The molecule has 2 heterocycles. The Hall–Kier alpha value is -4.03. The SMILES string of the molecule is CCC(c1nc2onc(C)c2c(=O)n1Cc1ccccc1)N(CCCN(C(=O)O)C(C)(C)C)S(=O)(=O)c1cccc(C)c1. The number of benzene rings is 2. The lowest BCUT2D eigenvalue weighted by Gasteiger charge is -2.35. The average Bonchev–Trinajstić information content (AvgIpc) is 3.32. The van der Waals surface area contributed by atoms with Crippen molar-refractivity contribution in [3.63, 3.8) is 0 Å². The highest BCUT2D eigenvalue weighted by molar-refractivity contribution is 7.89. The summed E-state index contributed by atoms with van der Waals surface area (Å²) in [5, 5.41) is 14.0. The lowest BCUT2D eigenvalue weighted by molar-refractivity contribution is 0.0976. The van der Waals surface area contributed by atoms with Crippen molar-refractivity contribution in [2.75, 3.05) is 13.1 Å². The van der Waals surface area contributed by atoms with E-state index in [9.17, 15) is 23.1 Å². The van der Waals surface area contributed by atoms with E-state index in [4.69, 9.17) is 9.51 Å². The molecular formula is C31H39N5O6S. The van der Waals surface area contributed by atoms with E-state index in [1.807, 2.05) is 50.2 Å². The second kappa shape index (κ2) is 12.7. The maximum Gasteiger partial charge on any atom is 0.407 e. The van der Waals surface area contributed by atoms with Crippen LogP contribution in [0, 0.1) is 13.8 Å². The van der Waals surface area contributed by atoms with Crippen LogP contribution >= 0.6 is 0 Å². The molecule has 1 amide bonds. The first-order valence-electron chi connectivity index (χ1n) is 14.3. The van der Waals surface area contributed by atoms with Crippen molar-refractivity contribution in [2.24, 2.45) is 0 Å². The molecule has 1 unspecified atom stereocenters. The van der Waals surface area contributed by atoms with E-state index in [0.717, 1.165) is 11.1 Å². The highest BCUT2D eigenvalue weighted by Crippen LogP contribution is 2.31. The molecule has 2 aromatic heterocycles. The number of sulfonamides is 1. The Balaban J connectivity index is 1.87. The first kappa shape index (κ1) is 31.9. The minimum atomic E-state index is -4.12. The molecule has 0 bridgehead atoms.